The van der Waals surface area contributed by atoms with Gasteiger partial charge in [0.25, 0.3) is 5.69 Å². The summed E-state index contributed by atoms with van der Waals surface area (Å²) in [6, 6.07) is 6.46. The first-order valence-electron chi connectivity index (χ1n) is 5.28. The number of nitro groups is 1. The summed E-state index contributed by atoms with van der Waals surface area (Å²) in [4.78, 5) is 24.8. The van der Waals surface area contributed by atoms with Crippen LogP contribution in [0, 0.1) is 10.1 Å². The molecular weight excluding hydrogens is 288 g/mol. The van der Waals surface area contributed by atoms with E-state index in [2.05, 4.69) is 4.98 Å². The van der Waals surface area contributed by atoms with Gasteiger partial charge in [-0.2, -0.15) is 0 Å². The van der Waals surface area contributed by atoms with E-state index in [1.54, 1.807) is 6.07 Å². The van der Waals surface area contributed by atoms with Crippen LogP contribution in [-0.2, 0) is 0 Å². The van der Waals surface area contributed by atoms with E-state index in [9.17, 15) is 14.9 Å². The molecule has 0 saturated heterocycles. The molecule has 102 valence electrons. The molecule has 8 heteroatoms. The van der Waals surface area contributed by atoms with Crippen LogP contribution in [-0.4, -0.2) is 21.0 Å². The van der Waals surface area contributed by atoms with Gasteiger partial charge in [0, 0.05) is 24.4 Å². The Labute approximate surface area is 117 Å². The Balaban J connectivity index is 2.34. The van der Waals surface area contributed by atoms with Crippen molar-refractivity contribution in [3.8, 4) is 11.6 Å². The molecule has 0 bridgehead atoms. The minimum atomic E-state index is -1.41. The number of carbonyl (C=O) groups is 1. The summed E-state index contributed by atoms with van der Waals surface area (Å²) in [6.07, 6.45) is 1.36. The number of benzene rings is 1. The summed E-state index contributed by atoms with van der Waals surface area (Å²) in [5.74, 6) is -1.09. The Kier molecular flexibility index (Phi) is 3.81. The number of rotatable bonds is 4. The van der Waals surface area contributed by atoms with Crippen molar-refractivity contribution in [3.63, 3.8) is 0 Å². The minimum Gasteiger partial charge on any atom is -0.477 e. The summed E-state index contributed by atoms with van der Waals surface area (Å²) < 4.78 is 5.30. The van der Waals surface area contributed by atoms with Gasteiger partial charge in [-0.05, 0) is 12.1 Å². The number of aromatic carboxylic acids is 1. The lowest BCUT2D eigenvalue weighted by Crippen LogP contribution is -2.03. The van der Waals surface area contributed by atoms with Crippen LogP contribution < -0.4 is 4.74 Å². The highest BCUT2D eigenvalue weighted by molar-refractivity contribution is 6.30. The second kappa shape index (κ2) is 5.54. The van der Waals surface area contributed by atoms with Gasteiger partial charge >= 0.3 is 5.97 Å². The van der Waals surface area contributed by atoms with Crippen molar-refractivity contribution in [1.29, 1.82) is 0 Å². The number of hydrogen-bond acceptors (Lipinski definition) is 5. The molecule has 2 rings (SSSR count). The SMILES string of the molecule is O=C(O)c1cc(Oc2ccc(Cl)cn2)ccc1[N+](=O)[O-]. The number of carboxylic acids is 1. The van der Waals surface area contributed by atoms with E-state index in [-0.39, 0.29) is 11.6 Å². The van der Waals surface area contributed by atoms with Gasteiger partial charge in [0.15, 0.2) is 0 Å². The first-order valence-corrected chi connectivity index (χ1v) is 5.66. The Morgan fingerprint density at radius 1 is 1.35 bits per heavy atom. The van der Waals surface area contributed by atoms with Gasteiger partial charge in [-0.25, -0.2) is 9.78 Å². The average molecular weight is 295 g/mol. The van der Waals surface area contributed by atoms with Crippen LogP contribution in [0.5, 0.6) is 11.6 Å². The summed E-state index contributed by atoms with van der Waals surface area (Å²) in [5, 5.41) is 20.1. The van der Waals surface area contributed by atoms with E-state index in [1.807, 2.05) is 0 Å². The van der Waals surface area contributed by atoms with Gasteiger partial charge < -0.3 is 9.84 Å². The first kappa shape index (κ1) is 13.8. The number of pyridine rings is 1. The largest absolute Gasteiger partial charge is 0.477 e. The Morgan fingerprint density at radius 2 is 2.10 bits per heavy atom. The van der Waals surface area contributed by atoms with E-state index in [1.165, 1.54) is 18.3 Å². The fraction of sp³-hybridized carbons (Fsp3) is 0. The molecule has 0 aliphatic carbocycles. The molecule has 1 heterocycles. The number of aromatic nitrogens is 1. The molecule has 0 fully saturated rings. The molecule has 0 radical (unpaired) electrons. The number of carboxylic acid groups (broad SMARTS) is 1. The van der Waals surface area contributed by atoms with E-state index >= 15 is 0 Å². The second-order valence-corrected chi connectivity index (χ2v) is 4.09. The van der Waals surface area contributed by atoms with Gasteiger partial charge in [-0.1, -0.05) is 11.6 Å². The van der Waals surface area contributed by atoms with Gasteiger partial charge in [0.1, 0.15) is 11.3 Å². The van der Waals surface area contributed by atoms with Crippen molar-refractivity contribution in [2.45, 2.75) is 0 Å². The third kappa shape index (κ3) is 3.01. The average Bonchev–Trinajstić information content (AvgIpc) is 2.41. The number of ether oxygens (including phenoxy) is 1. The van der Waals surface area contributed by atoms with E-state index in [0.717, 1.165) is 12.1 Å². The van der Waals surface area contributed by atoms with Crippen LogP contribution in [0.4, 0.5) is 5.69 Å². The molecule has 0 spiro atoms. The Bertz CT molecular complexity index is 672. The molecule has 0 unspecified atom stereocenters. The highest BCUT2D eigenvalue weighted by Crippen LogP contribution is 2.27. The Morgan fingerprint density at radius 3 is 2.65 bits per heavy atom. The van der Waals surface area contributed by atoms with Crippen molar-refractivity contribution in [3.05, 3.63) is 57.2 Å². The highest BCUT2D eigenvalue weighted by Gasteiger charge is 2.20. The van der Waals surface area contributed by atoms with Gasteiger partial charge in [-0.3, -0.25) is 10.1 Å². The number of nitrogens with zero attached hydrogens (tertiary/aromatic N) is 2. The minimum absolute atomic E-state index is 0.128. The lowest BCUT2D eigenvalue weighted by atomic mass is 10.1. The normalized spacial score (nSPS) is 10.1. The van der Waals surface area contributed by atoms with Crippen molar-refractivity contribution >= 4 is 23.3 Å². The van der Waals surface area contributed by atoms with E-state index in [0.29, 0.717) is 5.02 Å². The zero-order valence-electron chi connectivity index (χ0n) is 9.82. The van der Waals surface area contributed by atoms with Crippen molar-refractivity contribution < 1.29 is 19.6 Å². The molecule has 0 amide bonds. The lowest BCUT2D eigenvalue weighted by Gasteiger charge is -2.05. The Hall–Kier alpha value is -2.67. The number of hydrogen-bond donors (Lipinski definition) is 1. The van der Waals surface area contributed by atoms with Crippen molar-refractivity contribution in [1.82, 2.24) is 4.98 Å². The summed E-state index contributed by atoms with van der Waals surface area (Å²) >= 11 is 5.67. The van der Waals surface area contributed by atoms with Gasteiger partial charge in [-0.15, -0.1) is 0 Å². The maximum Gasteiger partial charge on any atom is 0.342 e. The summed E-state index contributed by atoms with van der Waals surface area (Å²) in [6.45, 7) is 0. The van der Waals surface area contributed by atoms with Crippen LogP contribution in [0.15, 0.2) is 36.5 Å². The van der Waals surface area contributed by atoms with Crippen LogP contribution in [0.2, 0.25) is 5.02 Å². The first-order chi connectivity index (χ1) is 9.47. The molecule has 1 N–H and O–H groups in total. The zero-order valence-corrected chi connectivity index (χ0v) is 10.6. The monoisotopic (exact) mass is 294 g/mol. The molecule has 1 aromatic carbocycles. The number of halogens is 1. The third-order valence-electron chi connectivity index (χ3n) is 2.32. The van der Waals surface area contributed by atoms with E-state index < -0.39 is 22.1 Å². The van der Waals surface area contributed by atoms with Crippen molar-refractivity contribution in [2.24, 2.45) is 0 Å². The third-order valence-corrected chi connectivity index (χ3v) is 2.54. The summed E-state index contributed by atoms with van der Waals surface area (Å²) in [7, 11) is 0. The van der Waals surface area contributed by atoms with Crippen molar-refractivity contribution in [2.75, 3.05) is 0 Å². The maximum absolute atomic E-state index is 11.0. The summed E-state index contributed by atoms with van der Waals surface area (Å²) in [5.41, 5.74) is -0.963. The predicted molar refractivity (Wildman–Crippen MR) is 69.4 cm³/mol. The molecule has 2 aromatic rings. The molecule has 0 atom stereocenters. The topological polar surface area (TPSA) is 103 Å². The van der Waals surface area contributed by atoms with Gasteiger partial charge in [0.05, 0.1) is 9.95 Å². The molecule has 7 nitrogen and oxygen atoms in total. The van der Waals surface area contributed by atoms with Gasteiger partial charge in [0.2, 0.25) is 5.88 Å². The fourth-order valence-corrected chi connectivity index (χ4v) is 1.56. The smallest absolute Gasteiger partial charge is 0.342 e. The standard InChI is InChI=1S/C12H7ClN2O5/c13-7-1-4-11(14-6-7)20-8-2-3-10(15(18)19)9(5-8)12(16)17/h1-6H,(H,16,17). The quantitative estimate of drug-likeness (QED) is 0.686. The zero-order chi connectivity index (χ0) is 14.7. The van der Waals surface area contributed by atoms with Crippen LogP contribution >= 0.6 is 11.6 Å². The van der Waals surface area contributed by atoms with E-state index in [4.69, 9.17) is 21.4 Å². The second-order valence-electron chi connectivity index (χ2n) is 3.66. The molecule has 0 aliphatic rings. The molecular formula is C12H7ClN2O5. The van der Waals surface area contributed by atoms with Crippen LogP contribution in [0.25, 0.3) is 0 Å². The van der Waals surface area contributed by atoms with Crippen LogP contribution in [0.3, 0.4) is 0 Å². The fourth-order valence-electron chi connectivity index (χ4n) is 1.45. The maximum atomic E-state index is 11.0. The molecule has 0 aliphatic heterocycles. The molecule has 20 heavy (non-hydrogen) atoms. The lowest BCUT2D eigenvalue weighted by molar-refractivity contribution is -0.385. The highest BCUT2D eigenvalue weighted by atomic mass is 35.5. The predicted octanol–water partition coefficient (Wildman–Crippen LogP) is 3.13. The van der Waals surface area contributed by atoms with Crippen LogP contribution in [0.1, 0.15) is 10.4 Å². The molecule has 0 saturated carbocycles. The number of nitro benzene ring substituents is 1. The molecule has 1 aromatic heterocycles.